The lowest BCUT2D eigenvalue weighted by atomic mass is 10.2. The van der Waals surface area contributed by atoms with Crippen LogP contribution in [0.2, 0.25) is 0 Å². The molecule has 2 rings (SSSR count). The van der Waals surface area contributed by atoms with Crippen molar-refractivity contribution in [2.75, 3.05) is 11.5 Å². The van der Waals surface area contributed by atoms with E-state index in [0.717, 1.165) is 5.69 Å². The van der Waals surface area contributed by atoms with E-state index in [0.29, 0.717) is 4.58 Å². The Hall–Kier alpha value is -0.590. The fraction of sp³-hybridized carbons (Fsp3) is 0.364. The molecule has 1 heterocycles. The highest BCUT2D eigenvalue weighted by Gasteiger charge is 2.15. The normalized spacial score (nSPS) is 17.6. The van der Waals surface area contributed by atoms with Crippen LogP contribution in [0.4, 0.5) is 5.69 Å². The maximum absolute atomic E-state index is 6.87. The number of hydrogen-bond donors (Lipinski definition) is 0. The van der Waals surface area contributed by atoms with Crippen molar-refractivity contribution in [1.82, 2.24) is 0 Å². The molecule has 1 aromatic rings. The van der Waals surface area contributed by atoms with Crippen LogP contribution in [-0.4, -0.2) is 11.5 Å². The molecule has 14 heavy (non-hydrogen) atoms. The van der Waals surface area contributed by atoms with Gasteiger partial charge in [-0.3, -0.25) is 0 Å². The number of hydrogen-bond acceptors (Lipinski definition) is 2. The summed E-state index contributed by atoms with van der Waals surface area (Å²) in [5, 5.41) is 0. The summed E-state index contributed by atoms with van der Waals surface area (Å²) in [5.74, 6) is 2.53. The predicted molar refractivity (Wildman–Crippen MR) is 65.0 cm³/mol. The largest absolute Gasteiger partial charge is 0.238 e. The second-order valence-corrected chi connectivity index (χ2v) is 5.85. The number of benzene rings is 1. The van der Waals surface area contributed by atoms with Gasteiger partial charge in [-0.1, -0.05) is 24.3 Å². The Kier molecular flexibility index (Phi) is 3.39. The van der Waals surface area contributed by atoms with E-state index in [1.807, 2.05) is 35.7 Å². The first kappa shape index (κ1) is 9.95. The van der Waals surface area contributed by atoms with E-state index in [2.05, 4.69) is 17.0 Å². The summed E-state index contributed by atoms with van der Waals surface area (Å²) in [4.78, 5) is 3.39. The smallest absolute Gasteiger partial charge is 0.187 e. The van der Waals surface area contributed by atoms with Crippen LogP contribution < -0.4 is 0 Å². The SMILES string of the molecule is [C-]#[N+]c1ccc(C2SCCCS2)cc1. The van der Waals surface area contributed by atoms with E-state index in [-0.39, 0.29) is 0 Å². The third kappa shape index (κ3) is 2.26. The molecule has 0 radical (unpaired) electrons. The Labute approximate surface area is 93.1 Å². The lowest BCUT2D eigenvalue weighted by molar-refractivity contribution is 1.10. The van der Waals surface area contributed by atoms with Crippen LogP contribution in [0.25, 0.3) is 4.85 Å². The molecule has 3 heteroatoms. The summed E-state index contributed by atoms with van der Waals surface area (Å²) in [6.07, 6.45) is 1.33. The van der Waals surface area contributed by atoms with Crippen molar-refractivity contribution in [2.45, 2.75) is 11.0 Å². The van der Waals surface area contributed by atoms with Crippen LogP contribution in [0.5, 0.6) is 0 Å². The van der Waals surface area contributed by atoms with Gasteiger partial charge < -0.3 is 0 Å². The molecule has 0 aromatic heterocycles. The van der Waals surface area contributed by atoms with Gasteiger partial charge in [0.1, 0.15) is 0 Å². The van der Waals surface area contributed by atoms with Crippen molar-refractivity contribution in [3.8, 4) is 0 Å². The van der Waals surface area contributed by atoms with Crippen molar-refractivity contribution >= 4 is 29.2 Å². The van der Waals surface area contributed by atoms with Crippen LogP contribution >= 0.6 is 23.5 Å². The molecule has 0 spiro atoms. The van der Waals surface area contributed by atoms with Crippen molar-refractivity contribution in [3.63, 3.8) is 0 Å². The molecule has 1 saturated heterocycles. The summed E-state index contributed by atoms with van der Waals surface area (Å²) >= 11 is 4.03. The van der Waals surface area contributed by atoms with Gasteiger partial charge in [0.2, 0.25) is 0 Å². The Balaban J connectivity index is 2.12. The third-order valence-electron chi connectivity index (χ3n) is 2.12. The minimum Gasteiger partial charge on any atom is -0.238 e. The van der Waals surface area contributed by atoms with Crippen LogP contribution in [0.1, 0.15) is 16.6 Å². The number of thioether (sulfide) groups is 2. The first-order valence-corrected chi connectivity index (χ1v) is 6.70. The minimum absolute atomic E-state index is 0.587. The van der Waals surface area contributed by atoms with Crippen molar-refractivity contribution in [2.24, 2.45) is 0 Å². The fourth-order valence-corrected chi connectivity index (χ4v) is 4.28. The minimum atomic E-state index is 0.587. The Morgan fingerprint density at radius 2 is 1.79 bits per heavy atom. The molecule has 1 aromatic carbocycles. The lowest BCUT2D eigenvalue weighted by Gasteiger charge is -2.21. The fourth-order valence-electron chi connectivity index (χ4n) is 1.39. The summed E-state index contributed by atoms with van der Waals surface area (Å²) in [6, 6.07) is 8.00. The zero-order valence-electron chi connectivity index (χ0n) is 7.77. The lowest BCUT2D eigenvalue weighted by Crippen LogP contribution is -1.99. The molecule has 1 aliphatic heterocycles. The molecule has 0 N–H and O–H groups in total. The summed E-state index contributed by atoms with van der Waals surface area (Å²) in [5.41, 5.74) is 2.09. The molecular weight excluding hydrogens is 210 g/mol. The molecule has 72 valence electrons. The van der Waals surface area contributed by atoms with Gasteiger partial charge in [0.05, 0.1) is 11.2 Å². The van der Waals surface area contributed by atoms with Crippen LogP contribution in [0, 0.1) is 6.57 Å². The van der Waals surface area contributed by atoms with Gasteiger partial charge in [0.25, 0.3) is 0 Å². The molecule has 0 unspecified atom stereocenters. The van der Waals surface area contributed by atoms with Crippen LogP contribution in [0.15, 0.2) is 24.3 Å². The van der Waals surface area contributed by atoms with Gasteiger partial charge in [-0.05, 0) is 23.5 Å². The summed E-state index contributed by atoms with van der Waals surface area (Å²) in [7, 11) is 0. The molecule has 1 aliphatic rings. The maximum atomic E-state index is 6.87. The Morgan fingerprint density at radius 3 is 2.36 bits per heavy atom. The van der Waals surface area contributed by atoms with Crippen molar-refractivity contribution in [1.29, 1.82) is 0 Å². The standard InChI is InChI=1S/C11H11NS2/c1-12-10-5-3-9(4-6-10)11-13-7-2-8-14-11/h3-6,11H,2,7-8H2. The molecule has 1 nitrogen and oxygen atoms in total. The Bertz CT molecular complexity index is 333. The average Bonchev–Trinajstić information content (AvgIpc) is 2.30. The highest BCUT2D eigenvalue weighted by Crippen LogP contribution is 2.43. The highest BCUT2D eigenvalue weighted by molar-refractivity contribution is 8.16. The predicted octanol–water partition coefficient (Wildman–Crippen LogP) is 4.11. The van der Waals surface area contributed by atoms with E-state index in [4.69, 9.17) is 6.57 Å². The van der Waals surface area contributed by atoms with Gasteiger partial charge in [-0.15, -0.1) is 23.5 Å². The maximum Gasteiger partial charge on any atom is 0.187 e. The van der Waals surface area contributed by atoms with E-state index in [1.54, 1.807) is 0 Å². The van der Waals surface area contributed by atoms with Crippen LogP contribution in [0.3, 0.4) is 0 Å². The molecule has 0 bridgehead atoms. The first-order valence-electron chi connectivity index (χ1n) is 4.61. The van der Waals surface area contributed by atoms with Crippen molar-refractivity contribution in [3.05, 3.63) is 41.2 Å². The molecule has 1 fully saturated rings. The molecule has 0 aliphatic carbocycles. The van der Waals surface area contributed by atoms with Gasteiger partial charge in [-0.25, -0.2) is 4.85 Å². The van der Waals surface area contributed by atoms with Gasteiger partial charge >= 0.3 is 0 Å². The van der Waals surface area contributed by atoms with Gasteiger partial charge in [0.15, 0.2) is 5.69 Å². The molecular formula is C11H11NS2. The van der Waals surface area contributed by atoms with E-state index in [9.17, 15) is 0 Å². The first-order chi connectivity index (χ1) is 6.90. The van der Waals surface area contributed by atoms with Gasteiger partial charge in [-0.2, -0.15) is 0 Å². The number of rotatable bonds is 1. The van der Waals surface area contributed by atoms with E-state index >= 15 is 0 Å². The highest BCUT2D eigenvalue weighted by atomic mass is 32.2. The molecule has 0 saturated carbocycles. The topological polar surface area (TPSA) is 4.36 Å². The summed E-state index contributed by atoms with van der Waals surface area (Å²) in [6.45, 7) is 6.87. The monoisotopic (exact) mass is 221 g/mol. The van der Waals surface area contributed by atoms with Crippen molar-refractivity contribution < 1.29 is 0 Å². The Morgan fingerprint density at radius 1 is 1.14 bits per heavy atom. The van der Waals surface area contributed by atoms with Crippen LogP contribution in [-0.2, 0) is 0 Å². The zero-order valence-corrected chi connectivity index (χ0v) is 9.40. The quantitative estimate of drug-likeness (QED) is 0.657. The van der Waals surface area contributed by atoms with E-state index < -0.39 is 0 Å². The zero-order chi connectivity index (χ0) is 9.80. The number of nitrogens with zero attached hydrogens (tertiary/aromatic N) is 1. The molecule has 0 amide bonds. The van der Waals surface area contributed by atoms with Gasteiger partial charge in [0, 0.05) is 0 Å². The second-order valence-electron chi connectivity index (χ2n) is 3.13. The third-order valence-corrected chi connectivity index (χ3v) is 5.14. The molecule has 0 atom stereocenters. The second kappa shape index (κ2) is 4.77. The summed E-state index contributed by atoms with van der Waals surface area (Å²) < 4.78 is 0.587. The average molecular weight is 221 g/mol. The van der Waals surface area contributed by atoms with E-state index in [1.165, 1.54) is 23.5 Å².